The first-order valence-electron chi connectivity index (χ1n) is 7.57. The number of hydrogen-bond donors (Lipinski definition) is 1. The molecule has 3 nitrogen and oxygen atoms in total. The van der Waals surface area contributed by atoms with Crippen LogP contribution in [0, 0.1) is 5.41 Å². The van der Waals surface area contributed by atoms with Crippen molar-refractivity contribution < 1.29 is 4.74 Å². The number of nitrogens with one attached hydrogen (secondary N) is 1. The molecule has 0 saturated carbocycles. The second-order valence-electron chi connectivity index (χ2n) is 6.93. The van der Waals surface area contributed by atoms with Crippen molar-refractivity contribution in [1.82, 2.24) is 10.2 Å². The van der Waals surface area contributed by atoms with Gasteiger partial charge >= 0.3 is 0 Å². The highest BCUT2D eigenvalue weighted by molar-refractivity contribution is 5.38. The van der Waals surface area contributed by atoms with E-state index in [1.807, 2.05) is 6.07 Å². The number of fused-ring (bicyclic) bond motifs is 1. The van der Waals surface area contributed by atoms with Gasteiger partial charge in [-0.3, -0.25) is 4.90 Å². The molecule has 2 rings (SSSR count). The van der Waals surface area contributed by atoms with E-state index in [4.69, 9.17) is 4.74 Å². The van der Waals surface area contributed by atoms with Gasteiger partial charge in [0.25, 0.3) is 0 Å². The molecule has 1 heterocycles. The number of nitrogens with zero attached hydrogens (tertiary/aromatic N) is 1. The van der Waals surface area contributed by atoms with Crippen LogP contribution in [0.2, 0.25) is 0 Å². The summed E-state index contributed by atoms with van der Waals surface area (Å²) in [6, 6.07) is 9.11. The predicted molar refractivity (Wildman–Crippen MR) is 84.2 cm³/mol. The molecule has 0 radical (unpaired) electrons. The maximum Gasteiger partial charge on any atom is 0.124 e. The number of hydrogen-bond acceptors (Lipinski definition) is 3. The van der Waals surface area contributed by atoms with Crippen LogP contribution in [0.4, 0.5) is 0 Å². The van der Waals surface area contributed by atoms with Gasteiger partial charge in [0, 0.05) is 12.1 Å². The molecule has 0 fully saturated rings. The van der Waals surface area contributed by atoms with Gasteiger partial charge < -0.3 is 10.1 Å². The molecule has 1 aliphatic heterocycles. The lowest BCUT2D eigenvalue weighted by atomic mass is 9.91. The maximum absolute atomic E-state index is 5.97. The van der Waals surface area contributed by atoms with Crippen molar-refractivity contribution in [1.29, 1.82) is 0 Å². The van der Waals surface area contributed by atoms with Gasteiger partial charge in [-0.15, -0.1) is 0 Å². The molecule has 1 aromatic carbocycles. The van der Waals surface area contributed by atoms with E-state index in [9.17, 15) is 0 Å². The zero-order valence-corrected chi connectivity index (χ0v) is 13.4. The summed E-state index contributed by atoms with van der Waals surface area (Å²) in [4.78, 5) is 2.43. The minimum absolute atomic E-state index is 0.294. The molecule has 0 aromatic heterocycles. The van der Waals surface area contributed by atoms with Gasteiger partial charge in [0.05, 0.1) is 12.1 Å². The molecule has 0 saturated heterocycles. The molecule has 2 atom stereocenters. The van der Waals surface area contributed by atoms with Gasteiger partial charge in [0.1, 0.15) is 12.4 Å². The topological polar surface area (TPSA) is 24.5 Å². The fourth-order valence-corrected chi connectivity index (χ4v) is 3.06. The average molecular weight is 276 g/mol. The third kappa shape index (κ3) is 3.53. The SMILES string of the molecule is CCNC1c2ccccc2OCC1N(C)CC(C)(C)C. The quantitative estimate of drug-likeness (QED) is 0.914. The van der Waals surface area contributed by atoms with Gasteiger partial charge in [0.2, 0.25) is 0 Å². The van der Waals surface area contributed by atoms with Gasteiger partial charge in [-0.05, 0) is 25.1 Å². The van der Waals surface area contributed by atoms with E-state index in [0.717, 1.165) is 25.4 Å². The van der Waals surface area contributed by atoms with Gasteiger partial charge in [-0.1, -0.05) is 45.9 Å². The summed E-state index contributed by atoms with van der Waals surface area (Å²) in [5, 5.41) is 3.64. The van der Waals surface area contributed by atoms with Crippen LogP contribution in [0.15, 0.2) is 24.3 Å². The van der Waals surface area contributed by atoms with Gasteiger partial charge in [0.15, 0.2) is 0 Å². The molecule has 0 aliphatic carbocycles. The summed E-state index contributed by atoms with van der Waals surface area (Å²) in [5.74, 6) is 1.03. The summed E-state index contributed by atoms with van der Waals surface area (Å²) in [5.41, 5.74) is 1.58. The van der Waals surface area contributed by atoms with Crippen molar-refractivity contribution in [2.75, 3.05) is 26.7 Å². The molecular formula is C17H28N2O. The summed E-state index contributed by atoms with van der Waals surface area (Å²) in [6.45, 7) is 11.8. The molecule has 3 heteroatoms. The monoisotopic (exact) mass is 276 g/mol. The second kappa shape index (κ2) is 6.15. The molecule has 0 bridgehead atoms. The molecule has 0 spiro atoms. The Labute approximate surface area is 123 Å². The van der Waals surface area contributed by atoms with E-state index in [2.05, 4.69) is 63.2 Å². The highest BCUT2D eigenvalue weighted by atomic mass is 16.5. The maximum atomic E-state index is 5.97. The average Bonchev–Trinajstić information content (AvgIpc) is 2.37. The number of para-hydroxylation sites is 1. The van der Waals surface area contributed by atoms with E-state index in [0.29, 0.717) is 17.5 Å². The Morgan fingerprint density at radius 2 is 2.00 bits per heavy atom. The molecule has 112 valence electrons. The Kier molecular flexibility index (Phi) is 4.71. The van der Waals surface area contributed by atoms with Crippen LogP contribution in [-0.4, -0.2) is 37.7 Å². The molecule has 1 aliphatic rings. The largest absolute Gasteiger partial charge is 0.492 e. The second-order valence-corrected chi connectivity index (χ2v) is 6.93. The first-order valence-corrected chi connectivity index (χ1v) is 7.57. The fraction of sp³-hybridized carbons (Fsp3) is 0.647. The lowest BCUT2D eigenvalue weighted by Gasteiger charge is -2.41. The van der Waals surface area contributed by atoms with Crippen LogP contribution in [0.5, 0.6) is 5.75 Å². The van der Waals surface area contributed by atoms with Crippen molar-refractivity contribution in [2.45, 2.75) is 39.8 Å². The Morgan fingerprint density at radius 3 is 2.65 bits per heavy atom. The van der Waals surface area contributed by atoms with Crippen LogP contribution in [0.25, 0.3) is 0 Å². The number of rotatable bonds is 4. The summed E-state index contributed by atoms with van der Waals surface area (Å²) in [6.07, 6.45) is 0. The smallest absolute Gasteiger partial charge is 0.124 e. The Morgan fingerprint density at radius 1 is 1.30 bits per heavy atom. The standard InChI is InChI=1S/C17H28N2O/c1-6-18-16-13-9-7-8-10-15(13)20-11-14(16)19(5)12-17(2,3)4/h7-10,14,16,18H,6,11-12H2,1-5H3. The van der Waals surface area contributed by atoms with Crippen molar-refractivity contribution in [3.05, 3.63) is 29.8 Å². The number of benzene rings is 1. The fourth-order valence-electron chi connectivity index (χ4n) is 3.06. The van der Waals surface area contributed by atoms with Crippen LogP contribution in [-0.2, 0) is 0 Å². The van der Waals surface area contributed by atoms with Gasteiger partial charge in [-0.2, -0.15) is 0 Å². The zero-order valence-electron chi connectivity index (χ0n) is 13.4. The van der Waals surface area contributed by atoms with Crippen molar-refractivity contribution in [3.63, 3.8) is 0 Å². The Hall–Kier alpha value is -1.06. The molecule has 1 N–H and O–H groups in total. The molecule has 20 heavy (non-hydrogen) atoms. The van der Waals surface area contributed by atoms with Crippen molar-refractivity contribution >= 4 is 0 Å². The molecule has 1 aromatic rings. The van der Waals surface area contributed by atoms with Crippen LogP contribution in [0.3, 0.4) is 0 Å². The van der Waals surface area contributed by atoms with E-state index in [1.54, 1.807) is 0 Å². The first-order chi connectivity index (χ1) is 9.42. The first kappa shape index (κ1) is 15.3. The van der Waals surface area contributed by atoms with Crippen LogP contribution >= 0.6 is 0 Å². The number of likely N-dealkylation sites (N-methyl/N-ethyl adjacent to an activating group) is 2. The zero-order chi connectivity index (χ0) is 14.8. The molecule has 0 amide bonds. The summed E-state index contributed by atoms with van der Waals surface area (Å²) >= 11 is 0. The van der Waals surface area contributed by atoms with Crippen LogP contribution < -0.4 is 10.1 Å². The highest BCUT2D eigenvalue weighted by Gasteiger charge is 2.34. The van der Waals surface area contributed by atoms with Crippen molar-refractivity contribution in [2.24, 2.45) is 5.41 Å². The van der Waals surface area contributed by atoms with E-state index < -0.39 is 0 Å². The van der Waals surface area contributed by atoms with Crippen molar-refractivity contribution in [3.8, 4) is 5.75 Å². The third-order valence-electron chi connectivity index (χ3n) is 3.76. The number of ether oxygens (including phenoxy) is 1. The minimum Gasteiger partial charge on any atom is -0.492 e. The minimum atomic E-state index is 0.294. The van der Waals surface area contributed by atoms with Crippen LogP contribution in [0.1, 0.15) is 39.3 Å². The normalized spacial score (nSPS) is 22.5. The lowest BCUT2D eigenvalue weighted by Crippen LogP contribution is -2.50. The summed E-state index contributed by atoms with van der Waals surface area (Å²) < 4.78 is 5.97. The lowest BCUT2D eigenvalue weighted by molar-refractivity contribution is 0.0814. The molecular weight excluding hydrogens is 248 g/mol. The van der Waals surface area contributed by atoms with Gasteiger partial charge in [-0.25, -0.2) is 0 Å². The van der Waals surface area contributed by atoms with E-state index in [-0.39, 0.29) is 0 Å². The van der Waals surface area contributed by atoms with E-state index >= 15 is 0 Å². The Bertz CT molecular complexity index is 439. The Balaban J connectivity index is 2.21. The van der Waals surface area contributed by atoms with E-state index in [1.165, 1.54) is 5.56 Å². The third-order valence-corrected chi connectivity index (χ3v) is 3.76. The highest BCUT2D eigenvalue weighted by Crippen LogP contribution is 2.34. The predicted octanol–water partition coefficient (Wildman–Crippen LogP) is 3.08. The summed E-state index contributed by atoms with van der Waals surface area (Å²) in [7, 11) is 2.21. The molecule has 2 unspecified atom stereocenters.